The van der Waals surface area contributed by atoms with Gasteiger partial charge in [-0.2, -0.15) is 0 Å². The van der Waals surface area contributed by atoms with Gasteiger partial charge in [-0.15, -0.1) is 0 Å². The van der Waals surface area contributed by atoms with Crippen LogP contribution in [0.4, 0.5) is 0 Å². The quantitative estimate of drug-likeness (QED) is 0.258. The molecule has 1 atom stereocenters. The average molecular weight is 521 g/mol. The molecule has 8 nitrogen and oxygen atoms in total. The van der Waals surface area contributed by atoms with Gasteiger partial charge in [-0.05, 0) is 45.9 Å². The largest absolute Gasteiger partial charge is 0.507 e. The van der Waals surface area contributed by atoms with E-state index in [1.165, 1.54) is 19.9 Å². The van der Waals surface area contributed by atoms with Crippen molar-refractivity contribution in [1.29, 1.82) is 0 Å². The zero-order valence-electron chi connectivity index (χ0n) is 20.7. The molecule has 1 aromatic heterocycles. The highest BCUT2D eigenvalue weighted by atomic mass is 35.5. The lowest BCUT2D eigenvalue weighted by Gasteiger charge is -2.29. The van der Waals surface area contributed by atoms with Crippen molar-refractivity contribution < 1.29 is 29.3 Å². The lowest BCUT2D eigenvalue weighted by atomic mass is 9.70. The Hall–Kier alpha value is -4.04. The van der Waals surface area contributed by atoms with Gasteiger partial charge in [-0.1, -0.05) is 17.7 Å². The number of aromatic nitrogens is 1. The first kappa shape index (κ1) is 24.6. The molecule has 0 amide bonds. The number of phenolic OH excluding ortho intramolecular Hbond substituents is 2. The summed E-state index contributed by atoms with van der Waals surface area (Å²) in [7, 11) is 0. The number of nitrogens with zero attached hydrogens (tertiary/aromatic N) is 1. The van der Waals surface area contributed by atoms with Gasteiger partial charge in [0.1, 0.15) is 34.0 Å². The van der Waals surface area contributed by atoms with E-state index in [0.717, 1.165) is 10.9 Å². The van der Waals surface area contributed by atoms with E-state index in [2.05, 4.69) is 5.32 Å². The van der Waals surface area contributed by atoms with E-state index in [9.17, 15) is 24.6 Å². The predicted octanol–water partition coefficient (Wildman–Crippen LogP) is 4.47. The molecule has 1 unspecified atom stereocenters. The number of nitrogens with one attached hydrogen (secondary N) is 1. The Morgan fingerprint density at radius 1 is 1.16 bits per heavy atom. The summed E-state index contributed by atoms with van der Waals surface area (Å²) in [5.41, 5.74) is -0.256. The van der Waals surface area contributed by atoms with Crippen LogP contribution in [0.5, 0.6) is 17.2 Å². The Morgan fingerprint density at radius 2 is 1.89 bits per heavy atom. The van der Waals surface area contributed by atoms with Crippen molar-refractivity contribution in [1.82, 2.24) is 9.88 Å². The Bertz CT molecular complexity index is 1610. The zero-order chi connectivity index (χ0) is 26.8. The van der Waals surface area contributed by atoms with Gasteiger partial charge in [0, 0.05) is 52.5 Å². The van der Waals surface area contributed by atoms with Gasteiger partial charge in [0.2, 0.25) is 0 Å². The minimum absolute atomic E-state index is 0.00698. The van der Waals surface area contributed by atoms with E-state index < -0.39 is 28.5 Å². The van der Waals surface area contributed by atoms with Gasteiger partial charge in [0.05, 0.1) is 11.1 Å². The molecule has 9 heteroatoms. The number of benzene rings is 2. The number of rotatable bonds is 5. The van der Waals surface area contributed by atoms with E-state index in [1.807, 2.05) is 35.0 Å². The van der Waals surface area contributed by atoms with Crippen LogP contribution >= 0.6 is 11.6 Å². The number of halogens is 1. The van der Waals surface area contributed by atoms with E-state index in [-0.39, 0.29) is 39.5 Å². The fraction of sp³-hybridized carbons (Fsp3) is 0.250. The first-order valence-electron chi connectivity index (χ1n) is 11.8. The molecule has 0 bridgehead atoms. The number of hydrogen-bond donors (Lipinski definition) is 3. The molecule has 0 saturated heterocycles. The first-order valence-corrected chi connectivity index (χ1v) is 12.1. The number of phenols is 2. The van der Waals surface area contributed by atoms with Gasteiger partial charge >= 0.3 is 0 Å². The summed E-state index contributed by atoms with van der Waals surface area (Å²) in [4.78, 5) is 39.2. The number of ketones is 3. The molecule has 5 rings (SSSR count). The third kappa shape index (κ3) is 3.47. The van der Waals surface area contributed by atoms with E-state index in [1.54, 1.807) is 13.8 Å². The molecular weight excluding hydrogens is 496 g/mol. The maximum Gasteiger partial charge on any atom is 0.194 e. The Morgan fingerprint density at radius 3 is 2.59 bits per heavy atom. The van der Waals surface area contributed by atoms with Crippen molar-refractivity contribution in [2.75, 3.05) is 6.54 Å². The number of Topliss-reactive ketones (excluding diaryl/α,β-unsaturated/α-hetero) is 2. The molecule has 0 fully saturated rings. The summed E-state index contributed by atoms with van der Waals surface area (Å²) in [6.45, 7) is 6.88. The van der Waals surface area contributed by atoms with Crippen molar-refractivity contribution >= 4 is 39.9 Å². The fourth-order valence-electron chi connectivity index (χ4n) is 5.20. The number of fused-ring (bicyclic) bond motifs is 4. The van der Waals surface area contributed by atoms with Crippen LogP contribution in [0.3, 0.4) is 0 Å². The van der Waals surface area contributed by atoms with Crippen molar-refractivity contribution in [2.24, 2.45) is 0 Å². The Balaban J connectivity index is 1.50. The molecular formula is C28H25ClN2O6. The van der Waals surface area contributed by atoms with Gasteiger partial charge in [0.25, 0.3) is 0 Å². The Kier molecular flexibility index (Phi) is 5.68. The fourth-order valence-corrected chi connectivity index (χ4v) is 5.43. The normalized spacial score (nSPS) is 19.9. The number of allylic oxidation sites excluding steroid dienone is 4. The molecule has 2 aliphatic rings. The standard InChI is InChI=1S/C28H25ClN2O6/c1-13-24(34)22(15(3)32)26-23(25(13)35)28(4)20(37-26)12-19(33)21(27(28)36)14(2)30-9-11-31-10-8-16-17(29)6-5-7-18(16)31/h5-8,10,12,30,34-35H,9,11H2,1-4H3. The highest BCUT2D eigenvalue weighted by Crippen LogP contribution is 2.57. The topological polar surface area (TPSA) is 118 Å². The molecule has 3 N–H and O–H groups in total. The van der Waals surface area contributed by atoms with Crippen LogP contribution in [0, 0.1) is 6.92 Å². The maximum atomic E-state index is 13.9. The van der Waals surface area contributed by atoms with E-state index in [0.29, 0.717) is 23.8 Å². The smallest absolute Gasteiger partial charge is 0.194 e. The SMILES string of the molecule is CC(=O)c1c(O)c(C)c(O)c2c1OC1=CC(=O)C(=C(C)NCCn3ccc4c(Cl)cccc43)C(=O)C12C. The van der Waals surface area contributed by atoms with Crippen LogP contribution < -0.4 is 10.1 Å². The monoisotopic (exact) mass is 520 g/mol. The molecule has 2 aromatic carbocycles. The van der Waals surface area contributed by atoms with Crippen LogP contribution in [-0.2, 0) is 21.5 Å². The maximum absolute atomic E-state index is 13.9. The molecule has 3 aromatic rings. The second kappa shape index (κ2) is 8.52. The molecule has 2 heterocycles. The molecule has 1 aliphatic carbocycles. The first-order chi connectivity index (χ1) is 17.5. The third-order valence-electron chi connectivity index (χ3n) is 7.26. The van der Waals surface area contributed by atoms with Gasteiger partial charge in [-0.25, -0.2) is 0 Å². The molecule has 0 radical (unpaired) electrons. The lowest BCUT2D eigenvalue weighted by Crippen LogP contribution is -2.41. The predicted molar refractivity (Wildman–Crippen MR) is 138 cm³/mol. The molecule has 0 spiro atoms. The number of hydrogen-bond acceptors (Lipinski definition) is 7. The van der Waals surface area contributed by atoms with E-state index in [4.69, 9.17) is 16.3 Å². The van der Waals surface area contributed by atoms with Crippen LogP contribution in [0.2, 0.25) is 5.02 Å². The van der Waals surface area contributed by atoms with Crippen LogP contribution in [0.1, 0.15) is 42.3 Å². The summed E-state index contributed by atoms with van der Waals surface area (Å²) in [5.74, 6) is -2.47. The average Bonchev–Trinajstić information content (AvgIpc) is 3.38. The van der Waals surface area contributed by atoms with Crippen molar-refractivity contribution in [2.45, 2.75) is 39.7 Å². The van der Waals surface area contributed by atoms with Crippen molar-refractivity contribution in [3.05, 3.63) is 75.3 Å². The summed E-state index contributed by atoms with van der Waals surface area (Å²) in [6, 6.07) is 7.60. The summed E-state index contributed by atoms with van der Waals surface area (Å²) < 4.78 is 7.82. The molecule has 0 saturated carbocycles. The molecule has 1 aliphatic heterocycles. The van der Waals surface area contributed by atoms with Crippen molar-refractivity contribution in [3.8, 4) is 17.2 Å². The lowest BCUT2D eigenvalue weighted by molar-refractivity contribution is -0.123. The summed E-state index contributed by atoms with van der Waals surface area (Å²) >= 11 is 6.26. The number of carbonyl (C=O) groups excluding carboxylic acids is 3. The second-order valence-corrected chi connectivity index (χ2v) is 9.90. The van der Waals surface area contributed by atoms with Gasteiger partial charge < -0.3 is 24.8 Å². The van der Waals surface area contributed by atoms with Crippen LogP contribution in [-0.4, -0.2) is 38.7 Å². The Labute approximate surface area is 217 Å². The van der Waals surface area contributed by atoms with Crippen molar-refractivity contribution in [3.63, 3.8) is 0 Å². The number of carbonyl (C=O) groups is 3. The molecule has 37 heavy (non-hydrogen) atoms. The summed E-state index contributed by atoms with van der Waals surface area (Å²) in [5, 5.41) is 26.2. The highest BCUT2D eigenvalue weighted by molar-refractivity contribution is 6.35. The van der Waals surface area contributed by atoms with Gasteiger partial charge in [-0.3, -0.25) is 14.4 Å². The van der Waals surface area contributed by atoms with Gasteiger partial charge in [0.15, 0.2) is 17.3 Å². The summed E-state index contributed by atoms with van der Waals surface area (Å²) in [6.07, 6.45) is 3.13. The minimum atomic E-state index is -1.54. The highest BCUT2D eigenvalue weighted by Gasteiger charge is 2.56. The second-order valence-electron chi connectivity index (χ2n) is 9.50. The van der Waals surface area contributed by atoms with E-state index >= 15 is 0 Å². The third-order valence-corrected chi connectivity index (χ3v) is 7.59. The number of ether oxygens (including phenoxy) is 1. The molecule has 190 valence electrons. The van der Waals surface area contributed by atoms with Crippen LogP contribution in [0.15, 0.2) is 53.6 Å². The van der Waals surface area contributed by atoms with Crippen LogP contribution in [0.25, 0.3) is 10.9 Å². The number of aromatic hydroxyl groups is 2. The minimum Gasteiger partial charge on any atom is -0.507 e. The zero-order valence-corrected chi connectivity index (χ0v) is 21.5.